The van der Waals surface area contributed by atoms with Crippen molar-refractivity contribution >= 4 is 23.2 Å². The molecule has 3 aliphatic rings. The third kappa shape index (κ3) is 4.36. The van der Waals surface area contributed by atoms with Crippen LogP contribution in [0.25, 0.3) is 16.8 Å². The van der Waals surface area contributed by atoms with Crippen LogP contribution in [0, 0.1) is 0 Å². The van der Waals surface area contributed by atoms with Crippen LogP contribution in [0.5, 0.6) is 0 Å². The number of anilines is 2. The number of pyridine rings is 1. The fourth-order valence-electron chi connectivity index (χ4n) is 5.37. The average Bonchev–Trinajstić information content (AvgIpc) is 3.87. The van der Waals surface area contributed by atoms with Gasteiger partial charge < -0.3 is 15.4 Å². The molecule has 7 rings (SSSR count). The fourth-order valence-corrected chi connectivity index (χ4v) is 5.37. The normalized spacial score (nSPS) is 19.0. The minimum absolute atomic E-state index is 0.0203. The van der Waals surface area contributed by atoms with Gasteiger partial charge in [-0.25, -0.2) is 4.52 Å². The zero-order valence-corrected chi connectivity index (χ0v) is 20.7. The summed E-state index contributed by atoms with van der Waals surface area (Å²) in [6, 6.07) is 20.8. The topological polar surface area (TPSA) is 83.8 Å². The minimum Gasteiger partial charge on any atom is -0.379 e. The third-order valence-corrected chi connectivity index (χ3v) is 7.75. The number of ether oxygens (including phenoxy) is 1. The summed E-state index contributed by atoms with van der Waals surface area (Å²) in [5, 5.41) is 10.9. The zero-order chi connectivity index (χ0) is 24.8. The first-order valence-corrected chi connectivity index (χ1v) is 13.2. The van der Waals surface area contributed by atoms with Gasteiger partial charge in [0.05, 0.1) is 13.2 Å². The Hall–Kier alpha value is -3.75. The van der Waals surface area contributed by atoms with Gasteiger partial charge in [-0.2, -0.15) is 4.98 Å². The highest BCUT2D eigenvalue weighted by Crippen LogP contribution is 2.51. The zero-order valence-electron chi connectivity index (χ0n) is 20.7. The van der Waals surface area contributed by atoms with Gasteiger partial charge in [-0.05, 0) is 73.2 Å². The van der Waals surface area contributed by atoms with Crippen LogP contribution in [0.4, 0.5) is 11.6 Å². The van der Waals surface area contributed by atoms with Gasteiger partial charge in [0.2, 0.25) is 5.95 Å². The molecule has 3 heterocycles. The number of nitrogens with zero attached hydrogens (tertiary/aromatic N) is 4. The molecular weight excluding hydrogens is 464 g/mol. The Morgan fingerprint density at radius 3 is 2.43 bits per heavy atom. The molecule has 8 nitrogen and oxygen atoms in total. The van der Waals surface area contributed by atoms with E-state index in [1.807, 2.05) is 36.5 Å². The molecular formula is C29H30N6O2. The van der Waals surface area contributed by atoms with E-state index in [1.54, 1.807) is 4.52 Å². The molecule has 0 radical (unpaired) electrons. The van der Waals surface area contributed by atoms with Gasteiger partial charge in [-0.15, -0.1) is 5.10 Å². The number of hydrogen-bond acceptors (Lipinski definition) is 6. The van der Waals surface area contributed by atoms with Crippen LogP contribution in [0.15, 0.2) is 66.9 Å². The molecule has 2 aromatic carbocycles. The van der Waals surface area contributed by atoms with E-state index in [-0.39, 0.29) is 11.4 Å². The molecule has 4 aromatic rings. The van der Waals surface area contributed by atoms with Gasteiger partial charge in [0.1, 0.15) is 0 Å². The largest absolute Gasteiger partial charge is 0.379 e. The molecule has 2 aliphatic carbocycles. The highest BCUT2D eigenvalue weighted by molar-refractivity contribution is 5.95. The highest BCUT2D eigenvalue weighted by atomic mass is 16.5. The van der Waals surface area contributed by atoms with Crippen molar-refractivity contribution in [2.75, 3.05) is 31.6 Å². The van der Waals surface area contributed by atoms with Crippen molar-refractivity contribution in [3.8, 4) is 11.1 Å². The van der Waals surface area contributed by atoms with Gasteiger partial charge in [0, 0.05) is 47.7 Å². The Bertz CT molecular complexity index is 1430. The molecule has 37 heavy (non-hydrogen) atoms. The highest BCUT2D eigenvalue weighted by Gasteiger charge is 2.49. The predicted molar refractivity (Wildman–Crippen MR) is 142 cm³/mol. The lowest BCUT2D eigenvalue weighted by molar-refractivity contribution is 0.00835. The Morgan fingerprint density at radius 2 is 1.73 bits per heavy atom. The maximum atomic E-state index is 12.2. The fraction of sp³-hybridized carbons (Fsp3) is 0.345. The van der Waals surface area contributed by atoms with Crippen molar-refractivity contribution in [2.45, 2.75) is 37.3 Å². The van der Waals surface area contributed by atoms with Gasteiger partial charge in [-0.1, -0.05) is 24.3 Å². The first kappa shape index (κ1) is 22.4. The van der Waals surface area contributed by atoms with Crippen LogP contribution in [-0.4, -0.2) is 57.8 Å². The van der Waals surface area contributed by atoms with Crippen LogP contribution in [0.1, 0.15) is 41.6 Å². The number of carbonyl (C=O) groups excluding carboxylic acids is 1. The number of hydrogen-bond donors (Lipinski definition) is 2. The maximum absolute atomic E-state index is 12.2. The van der Waals surface area contributed by atoms with Crippen molar-refractivity contribution in [3.05, 3.63) is 78.0 Å². The van der Waals surface area contributed by atoms with Gasteiger partial charge >= 0.3 is 0 Å². The summed E-state index contributed by atoms with van der Waals surface area (Å²) in [6.45, 7) is 3.66. The molecule has 2 N–H and O–H groups in total. The van der Waals surface area contributed by atoms with E-state index in [1.165, 1.54) is 18.4 Å². The molecule has 0 unspecified atom stereocenters. The number of rotatable bonds is 7. The average molecular weight is 495 g/mol. The minimum atomic E-state index is -0.0203. The summed E-state index contributed by atoms with van der Waals surface area (Å²) in [5.74, 6) is 0.497. The molecule has 2 aromatic heterocycles. The first-order valence-electron chi connectivity index (χ1n) is 13.2. The standard InChI is InChI=1S/C29H30N6O2/c36-27(30-23-11-12-23)21-5-9-24(10-6-21)31-28-32-26-25(2-1-15-35(26)33-28)20-3-7-22(8-4-20)29(13-14-29)34-16-18-37-19-17-34/h1-10,15,23H,11-14,16-19H2,(H,30,36)(H,31,33). The first-order chi connectivity index (χ1) is 18.2. The smallest absolute Gasteiger partial charge is 0.251 e. The van der Waals surface area contributed by atoms with E-state index in [4.69, 9.17) is 9.72 Å². The Morgan fingerprint density at radius 1 is 0.973 bits per heavy atom. The number of carbonyl (C=O) groups is 1. The molecule has 2 saturated carbocycles. The Kier molecular flexibility index (Phi) is 5.44. The summed E-state index contributed by atoms with van der Waals surface area (Å²) in [5.41, 5.74) is 6.04. The Labute approximate surface area is 215 Å². The van der Waals surface area contributed by atoms with Crippen LogP contribution in [0.3, 0.4) is 0 Å². The van der Waals surface area contributed by atoms with E-state index < -0.39 is 0 Å². The maximum Gasteiger partial charge on any atom is 0.251 e. The van der Waals surface area contributed by atoms with Crippen LogP contribution in [-0.2, 0) is 10.3 Å². The lowest BCUT2D eigenvalue weighted by Gasteiger charge is -2.35. The van der Waals surface area contributed by atoms with E-state index in [0.717, 1.165) is 61.6 Å². The molecule has 0 atom stereocenters. The number of nitrogens with one attached hydrogen (secondary N) is 2. The van der Waals surface area contributed by atoms with Gasteiger partial charge in [0.15, 0.2) is 5.65 Å². The SMILES string of the molecule is O=C(NC1CC1)c1ccc(Nc2nc3c(-c4ccc(C5(N6CCOCC6)CC5)cc4)cccn3n2)cc1. The number of morpholine rings is 1. The molecule has 1 saturated heterocycles. The van der Waals surface area contributed by atoms with Gasteiger partial charge in [-0.3, -0.25) is 9.69 Å². The molecule has 8 heteroatoms. The second-order valence-electron chi connectivity index (χ2n) is 10.3. The number of fused-ring (bicyclic) bond motifs is 1. The molecule has 0 bridgehead atoms. The molecule has 1 amide bonds. The molecule has 0 spiro atoms. The quantitative estimate of drug-likeness (QED) is 0.397. The van der Waals surface area contributed by atoms with Crippen molar-refractivity contribution in [1.82, 2.24) is 24.8 Å². The third-order valence-electron chi connectivity index (χ3n) is 7.75. The van der Waals surface area contributed by atoms with Crippen molar-refractivity contribution < 1.29 is 9.53 Å². The summed E-state index contributed by atoms with van der Waals surface area (Å²) >= 11 is 0. The van der Waals surface area contributed by atoms with Gasteiger partial charge in [0.25, 0.3) is 5.91 Å². The second kappa shape index (κ2) is 8.97. The molecule has 1 aliphatic heterocycles. The summed E-state index contributed by atoms with van der Waals surface area (Å²) in [6.07, 6.45) is 6.49. The number of amides is 1. The summed E-state index contributed by atoms with van der Waals surface area (Å²) < 4.78 is 7.37. The molecule has 188 valence electrons. The lowest BCUT2D eigenvalue weighted by Crippen LogP contribution is -2.43. The number of benzene rings is 2. The van der Waals surface area contributed by atoms with Crippen molar-refractivity contribution in [2.24, 2.45) is 0 Å². The van der Waals surface area contributed by atoms with Crippen molar-refractivity contribution in [1.29, 1.82) is 0 Å². The molecule has 3 fully saturated rings. The monoisotopic (exact) mass is 494 g/mol. The lowest BCUT2D eigenvalue weighted by atomic mass is 9.98. The van der Waals surface area contributed by atoms with Crippen LogP contribution >= 0.6 is 0 Å². The van der Waals surface area contributed by atoms with E-state index in [0.29, 0.717) is 17.6 Å². The Balaban J connectivity index is 1.10. The van der Waals surface area contributed by atoms with Crippen LogP contribution < -0.4 is 10.6 Å². The second-order valence-corrected chi connectivity index (χ2v) is 10.3. The summed E-state index contributed by atoms with van der Waals surface area (Å²) in [7, 11) is 0. The van der Waals surface area contributed by atoms with E-state index >= 15 is 0 Å². The van der Waals surface area contributed by atoms with E-state index in [9.17, 15) is 4.79 Å². The predicted octanol–water partition coefficient (Wildman–Crippen LogP) is 4.35. The van der Waals surface area contributed by atoms with Crippen molar-refractivity contribution in [3.63, 3.8) is 0 Å². The van der Waals surface area contributed by atoms with Crippen LogP contribution in [0.2, 0.25) is 0 Å². The number of aromatic nitrogens is 3. The van der Waals surface area contributed by atoms with E-state index in [2.05, 4.69) is 51.0 Å². The summed E-state index contributed by atoms with van der Waals surface area (Å²) in [4.78, 5) is 19.6.